The molecular weight excluding hydrogens is 294 g/mol. The van der Waals surface area contributed by atoms with E-state index < -0.39 is 0 Å². The zero-order valence-corrected chi connectivity index (χ0v) is 13.1. The normalized spacial score (nSPS) is 10.7. The van der Waals surface area contributed by atoms with Gasteiger partial charge in [-0.2, -0.15) is 0 Å². The second kappa shape index (κ2) is 7.25. The summed E-state index contributed by atoms with van der Waals surface area (Å²) in [6.07, 6.45) is 2.08. The highest BCUT2D eigenvalue weighted by molar-refractivity contribution is 7.99. The summed E-state index contributed by atoms with van der Waals surface area (Å²) < 4.78 is 0. The molecule has 4 heteroatoms. The number of hydrogen-bond donors (Lipinski definition) is 1. The molecule has 0 saturated carbocycles. The number of rotatable bonds is 5. The van der Waals surface area contributed by atoms with Crippen LogP contribution in [-0.4, -0.2) is 6.26 Å². The summed E-state index contributed by atoms with van der Waals surface area (Å²) in [5.74, 6) is 0.866. The molecule has 0 saturated heterocycles. The van der Waals surface area contributed by atoms with E-state index in [0.717, 1.165) is 16.3 Å². The average molecular weight is 310 g/mol. The van der Waals surface area contributed by atoms with Gasteiger partial charge >= 0.3 is 0 Å². The van der Waals surface area contributed by atoms with Crippen molar-refractivity contribution in [2.24, 2.45) is 5.73 Å². The van der Waals surface area contributed by atoms with Crippen molar-refractivity contribution < 1.29 is 0 Å². The van der Waals surface area contributed by atoms with Crippen molar-refractivity contribution in [1.82, 2.24) is 0 Å². The lowest BCUT2D eigenvalue weighted by Crippen LogP contribution is -2.00. The van der Waals surface area contributed by atoms with Gasteiger partial charge in [-0.05, 0) is 35.6 Å². The van der Waals surface area contributed by atoms with E-state index in [4.69, 9.17) is 17.3 Å². The summed E-state index contributed by atoms with van der Waals surface area (Å²) in [5, 5.41) is 0.824. The van der Waals surface area contributed by atoms with Crippen LogP contribution in [0.3, 0.4) is 0 Å². The van der Waals surface area contributed by atoms with Crippen LogP contribution < -0.4 is 5.73 Å². The summed E-state index contributed by atoms with van der Waals surface area (Å²) >= 11 is 9.71. The Morgan fingerprint density at radius 3 is 2.47 bits per heavy atom. The first kappa shape index (κ1) is 14.8. The Labute approximate surface area is 127 Å². The lowest BCUT2D eigenvalue weighted by molar-refractivity contribution is 0.980. The maximum absolute atomic E-state index is 6.18. The third-order valence-corrected chi connectivity index (χ3v) is 5.19. The van der Waals surface area contributed by atoms with Gasteiger partial charge in [-0.1, -0.05) is 35.9 Å². The van der Waals surface area contributed by atoms with E-state index in [1.165, 1.54) is 15.4 Å². The van der Waals surface area contributed by atoms with Gasteiger partial charge < -0.3 is 5.73 Å². The van der Waals surface area contributed by atoms with E-state index in [2.05, 4.69) is 30.5 Å². The largest absolute Gasteiger partial charge is 0.326 e. The van der Waals surface area contributed by atoms with E-state index in [0.29, 0.717) is 6.54 Å². The summed E-state index contributed by atoms with van der Waals surface area (Å²) in [5.41, 5.74) is 8.26. The molecule has 2 rings (SSSR count). The first-order valence-electron chi connectivity index (χ1n) is 5.98. The molecule has 0 aliphatic heterocycles. The average Bonchev–Trinajstić information content (AvgIpc) is 2.45. The van der Waals surface area contributed by atoms with E-state index >= 15 is 0 Å². The zero-order valence-electron chi connectivity index (χ0n) is 10.7. The third kappa shape index (κ3) is 3.69. The first-order chi connectivity index (χ1) is 9.26. The van der Waals surface area contributed by atoms with Gasteiger partial charge in [0.25, 0.3) is 0 Å². The van der Waals surface area contributed by atoms with E-state index in [-0.39, 0.29) is 0 Å². The minimum atomic E-state index is 0.571. The Morgan fingerprint density at radius 1 is 1.05 bits per heavy atom. The molecule has 2 aromatic carbocycles. The third-order valence-electron chi connectivity index (χ3n) is 2.86. The fourth-order valence-electron chi connectivity index (χ4n) is 1.84. The fraction of sp³-hybridized carbons (Fsp3) is 0.200. The number of nitrogens with two attached hydrogens (primary N) is 1. The quantitative estimate of drug-likeness (QED) is 0.802. The van der Waals surface area contributed by atoms with Crippen LogP contribution in [0.25, 0.3) is 0 Å². The van der Waals surface area contributed by atoms with Crippen molar-refractivity contribution in [3.63, 3.8) is 0 Å². The topological polar surface area (TPSA) is 26.0 Å². The highest BCUT2D eigenvalue weighted by Crippen LogP contribution is 2.33. The monoisotopic (exact) mass is 309 g/mol. The zero-order chi connectivity index (χ0) is 13.7. The smallest absolute Gasteiger partial charge is 0.0446 e. The minimum absolute atomic E-state index is 0.571. The maximum Gasteiger partial charge on any atom is 0.0446 e. The van der Waals surface area contributed by atoms with Crippen LogP contribution >= 0.6 is 35.1 Å². The lowest BCUT2D eigenvalue weighted by atomic mass is 10.2. The first-order valence-corrected chi connectivity index (χ1v) is 8.57. The summed E-state index contributed by atoms with van der Waals surface area (Å²) in [7, 11) is 0. The number of halogens is 1. The van der Waals surface area contributed by atoms with E-state index in [9.17, 15) is 0 Å². The molecule has 100 valence electrons. The summed E-state index contributed by atoms with van der Waals surface area (Å²) in [6, 6.07) is 14.3. The van der Waals surface area contributed by atoms with Crippen molar-refractivity contribution in [1.29, 1.82) is 0 Å². The Morgan fingerprint density at radius 2 is 1.79 bits per heavy atom. The second-order valence-electron chi connectivity index (χ2n) is 4.02. The maximum atomic E-state index is 6.18. The fourth-order valence-corrected chi connectivity index (χ4v) is 3.95. The van der Waals surface area contributed by atoms with Crippen LogP contribution in [0.2, 0.25) is 5.02 Å². The van der Waals surface area contributed by atoms with Crippen LogP contribution in [0, 0.1) is 0 Å². The van der Waals surface area contributed by atoms with Gasteiger partial charge in [-0.25, -0.2) is 0 Å². The van der Waals surface area contributed by atoms with Crippen molar-refractivity contribution in [3.8, 4) is 0 Å². The lowest BCUT2D eigenvalue weighted by Gasteiger charge is -2.12. The highest BCUT2D eigenvalue weighted by Gasteiger charge is 2.08. The van der Waals surface area contributed by atoms with Gasteiger partial charge in [0, 0.05) is 27.1 Å². The molecule has 0 amide bonds. The molecule has 0 fully saturated rings. The summed E-state index contributed by atoms with van der Waals surface area (Å²) in [6.45, 7) is 0.571. The molecule has 0 aliphatic rings. The van der Waals surface area contributed by atoms with Gasteiger partial charge in [-0.15, -0.1) is 23.5 Å². The van der Waals surface area contributed by atoms with Crippen LogP contribution in [0.4, 0.5) is 0 Å². The molecule has 19 heavy (non-hydrogen) atoms. The van der Waals surface area contributed by atoms with Crippen LogP contribution in [0.1, 0.15) is 11.1 Å². The molecule has 2 aromatic rings. The Hall–Kier alpha value is -0.610. The standard InChI is InChI=1S/C15H16ClNS2/c1-18-14-7-4-8-15(12(14)9-17)19-10-11-5-2-3-6-13(11)16/h2-8H,9-10,17H2,1H3. The molecule has 0 bridgehead atoms. The molecule has 0 aliphatic carbocycles. The van der Waals surface area contributed by atoms with Crippen molar-refractivity contribution in [2.75, 3.05) is 6.26 Å². The predicted molar refractivity (Wildman–Crippen MR) is 87.1 cm³/mol. The Balaban J connectivity index is 2.18. The number of benzene rings is 2. The molecule has 0 aromatic heterocycles. The van der Waals surface area contributed by atoms with Crippen molar-refractivity contribution in [3.05, 3.63) is 58.6 Å². The Kier molecular flexibility index (Phi) is 5.64. The van der Waals surface area contributed by atoms with Crippen LogP contribution in [0.5, 0.6) is 0 Å². The Bertz CT molecular complexity index is 558. The SMILES string of the molecule is CSc1cccc(SCc2ccccc2Cl)c1CN. The van der Waals surface area contributed by atoms with E-state index in [1.807, 2.05) is 18.2 Å². The van der Waals surface area contributed by atoms with E-state index in [1.54, 1.807) is 23.5 Å². The molecule has 2 N–H and O–H groups in total. The van der Waals surface area contributed by atoms with Gasteiger partial charge in [-0.3, -0.25) is 0 Å². The molecule has 0 atom stereocenters. The van der Waals surface area contributed by atoms with Gasteiger partial charge in [0.2, 0.25) is 0 Å². The highest BCUT2D eigenvalue weighted by atomic mass is 35.5. The minimum Gasteiger partial charge on any atom is -0.326 e. The van der Waals surface area contributed by atoms with Crippen LogP contribution in [-0.2, 0) is 12.3 Å². The molecule has 0 heterocycles. The predicted octanol–water partition coefficient (Wildman–Crippen LogP) is 4.81. The molecule has 1 nitrogen and oxygen atoms in total. The van der Waals surface area contributed by atoms with Gasteiger partial charge in [0.1, 0.15) is 0 Å². The van der Waals surface area contributed by atoms with Crippen molar-refractivity contribution in [2.45, 2.75) is 22.1 Å². The van der Waals surface area contributed by atoms with Crippen LogP contribution in [0.15, 0.2) is 52.3 Å². The molecule has 0 unspecified atom stereocenters. The number of hydrogen-bond acceptors (Lipinski definition) is 3. The molecular formula is C15H16ClNS2. The summed E-state index contributed by atoms with van der Waals surface area (Å²) in [4.78, 5) is 2.50. The molecule has 0 spiro atoms. The van der Waals surface area contributed by atoms with Gasteiger partial charge in [0.05, 0.1) is 0 Å². The van der Waals surface area contributed by atoms with Gasteiger partial charge in [0.15, 0.2) is 0 Å². The number of thioether (sulfide) groups is 2. The second-order valence-corrected chi connectivity index (χ2v) is 6.29. The molecule has 0 radical (unpaired) electrons. The van der Waals surface area contributed by atoms with Crippen molar-refractivity contribution >= 4 is 35.1 Å².